The summed E-state index contributed by atoms with van der Waals surface area (Å²) in [5.41, 5.74) is 6.75. The Morgan fingerprint density at radius 1 is 1.55 bits per heavy atom. The molecule has 0 fully saturated rings. The van der Waals surface area contributed by atoms with Gasteiger partial charge in [-0.05, 0) is 18.1 Å². The zero-order chi connectivity index (χ0) is 13.7. The Bertz CT molecular complexity index is 441. The van der Waals surface area contributed by atoms with Crippen molar-refractivity contribution in [2.24, 2.45) is 5.73 Å². The van der Waals surface area contributed by atoms with E-state index < -0.39 is 0 Å². The van der Waals surface area contributed by atoms with Crippen molar-refractivity contribution in [3.63, 3.8) is 0 Å². The summed E-state index contributed by atoms with van der Waals surface area (Å²) in [5, 5.41) is 3.09. The molecule has 0 aliphatic carbocycles. The van der Waals surface area contributed by atoms with Gasteiger partial charge in [0, 0.05) is 24.3 Å². The van der Waals surface area contributed by atoms with Gasteiger partial charge in [-0.1, -0.05) is 18.2 Å². The number of ether oxygens (including phenoxy) is 1. The zero-order valence-corrected chi connectivity index (χ0v) is 13.1. The predicted molar refractivity (Wildman–Crippen MR) is 84.4 cm³/mol. The van der Waals surface area contributed by atoms with Crippen molar-refractivity contribution in [2.75, 3.05) is 19.4 Å². The molecule has 3 N–H and O–H groups in total. The highest BCUT2D eigenvalue weighted by Gasteiger charge is 2.22. The molecule has 0 radical (unpaired) electrons. The highest BCUT2D eigenvalue weighted by molar-refractivity contribution is 7.99. The molecule has 1 amide bonds. The van der Waals surface area contributed by atoms with Crippen molar-refractivity contribution in [3.05, 3.63) is 29.8 Å². The highest BCUT2D eigenvalue weighted by Crippen LogP contribution is 2.35. The molecule has 1 aromatic carbocycles. The van der Waals surface area contributed by atoms with Crippen LogP contribution in [0, 0.1) is 0 Å². The molecule has 2 atom stereocenters. The van der Waals surface area contributed by atoms with Crippen LogP contribution < -0.4 is 11.1 Å². The van der Waals surface area contributed by atoms with E-state index in [2.05, 4.69) is 17.4 Å². The van der Waals surface area contributed by atoms with E-state index in [4.69, 9.17) is 10.5 Å². The van der Waals surface area contributed by atoms with Gasteiger partial charge in [0.15, 0.2) is 0 Å². The number of carbonyl (C=O) groups excluding carboxylic acids is 1. The Balaban J connectivity index is 0.00000200. The van der Waals surface area contributed by atoms with E-state index in [9.17, 15) is 4.79 Å². The largest absolute Gasteiger partial charge is 0.380 e. The van der Waals surface area contributed by atoms with Gasteiger partial charge in [-0.15, -0.1) is 24.2 Å². The lowest BCUT2D eigenvalue weighted by molar-refractivity contribution is -0.124. The second-order valence-corrected chi connectivity index (χ2v) is 5.73. The SMILES string of the molecule is COC(CN)CC(=O)NC1CCSc2ccccc21.Cl. The monoisotopic (exact) mass is 316 g/mol. The lowest BCUT2D eigenvalue weighted by atomic mass is 10.0. The van der Waals surface area contributed by atoms with Crippen LogP contribution in [0.3, 0.4) is 0 Å². The zero-order valence-electron chi connectivity index (χ0n) is 11.5. The Morgan fingerprint density at radius 2 is 2.30 bits per heavy atom. The first kappa shape index (κ1) is 17.3. The number of rotatable bonds is 5. The van der Waals surface area contributed by atoms with E-state index in [1.165, 1.54) is 10.5 Å². The molecule has 112 valence electrons. The predicted octanol–water partition coefficient (Wildman–Crippen LogP) is 2.13. The van der Waals surface area contributed by atoms with E-state index in [1.54, 1.807) is 7.11 Å². The maximum Gasteiger partial charge on any atom is 0.223 e. The van der Waals surface area contributed by atoms with E-state index in [1.807, 2.05) is 23.9 Å². The molecule has 20 heavy (non-hydrogen) atoms. The number of fused-ring (bicyclic) bond motifs is 1. The smallest absolute Gasteiger partial charge is 0.223 e. The molecule has 1 aliphatic rings. The molecule has 2 rings (SSSR count). The third-order valence-electron chi connectivity index (χ3n) is 3.30. The molecule has 0 saturated carbocycles. The summed E-state index contributed by atoms with van der Waals surface area (Å²) in [6, 6.07) is 8.35. The van der Waals surface area contributed by atoms with Crippen molar-refractivity contribution in [2.45, 2.75) is 29.9 Å². The first-order chi connectivity index (χ1) is 9.24. The third-order valence-corrected chi connectivity index (χ3v) is 4.43. The minimum atomic E-state index is -0.201. The first-order valence-corrected chi connectivity index (χ1v) is 7.47. The van der Waals surface area contributed by atoms with Crippen molar-refractivity contribution in [1.29, 1.82) is 0 Å². The third kappa shape index (κ3) is 4.38. The number of hydrogen-bond donors (Lipinski definition) is 2. The Morgan fingerprint density at radius 3 is 3.00 bits per heavy atom. The number of halogens is 1. The van der Waals surface area contributed by atoms with Crippen LogP contribution in [0.25, 0.3) is 0 Å². The molecule has 0 aromatic heterocycles. The topological polar surface area (TPSA) is 64.3 Å². The second-order valence-electron chi connectivity index (χ2n) is 4.59. The van der Waals surface area contributed by atoms with Crippen molar-refractivity contribution >= 4 is 30.1 Å². The molecule has 2 unspecified atom stereocenters. The fourth-order valence-corrected chi connectivity index (χ4v) is 3.34. The van der Waals surface area contributed by atoms with Crippen LogP contribution in [0.2, 0.25) is 0 Å². The van der Waals surface area contributed by atoms with Crippen LogP contribution in [0.4, 0.5) is 0 Å². The summed E-state index contributed by atoms with van der Waals surface area (Å²) in [6.07, 6.45) is 1.08. The van der Waals surface area contributed by atoms with Crippen molar-refractivity contribution in [3.8, 4) is 0 Å². The number of carbonyl (C=O) groups is 1. The maximum absolute atomic E-state index is 12.0. The number of amides is 1. The van der Waals surface area contributed by atoms with Gasteiger partial charge in [0.1, 0.15) is 0 Å². The van der Waals surface area contributed by atoms with Gasteiger partial charge in [0.2, 0.25) is 5.91 Å². The summed E-state index contributed by atoms with van der Waals surface area (Å²) in [6.45, 7) is 0.362. The first-order valence-electron chi connectivity index (χ1n) is 6.48. The quantitative estimate of drug-likeness (QED) is 0.873. The molecule has 0 saturated heterocycles. The van der Waals surface area contributed by atoms with Crippen molar-refractivity contribution < 1.29 is 9.53 Å². The molecular formula is C14H21ClN2O2S. The highest BCUT2D eigenvalue weighted by atomic mass is 35.5. The lowest BCUT2D eigenvalue weighted by Gasteiger charge is -2.26. The lowest BCUT2D eigenvalue weighted by Crippen LogP contribution is -2.35. The molecule has 4 nitrogen and oxygen atoms in total. The molecule has 1 aromatic rings. The van der Waals surface area contributed by atoms with Crippen LogP contribution in [0.15, 0.2) is 29.2 Å². The van der Waals surface area contributed by atoms with Gasteiger partial charge >= 0.3 is 0 Å². The summed E-state index contributed by atoms with van der Waals surface area (Å²) >= 11 is 1.85. The van der Waals surface area contributed by atoms with Gasteiger partial charge in [0.05, 0.1) is 18.6 Å². The van der Waals surface area contributed by atoms with Crippen LogP contribution >= 0.6 is 24.2 Å². The molecule has 1 heterocycles. The van der Waals surface area contributed by atoms with Gasteiger partial charge in [-0.2, -0.15) is 0 Å². The molecular weight excluding hydrogens is 296 g/mol. The van der Waals surface area contributed by atoms with Gasteiger partial charge in [-0.25, -0.2) is 0 Å². The fraction of sp³-hybridized carbons (Fsp3) is 0.500. The summed E-state index contributed by atoms with van der Waals surface area (Å²) < 4.78 is 5.14. The standard InChI is InChI=1S/C14H20N2O2S.ClH/c1-18-10(9-15)8-14(17)16-12-6-7-19-13-5-3-2-4-11(12)13;/h2-5,10,12H,6-9,15H2,1H3,(H,16,17);1H. The van der Waals surface area contributed by atoms with E-state index >= 15 is 0 Å². The summed E-state index contributed by atoms with van der Waals surface area (Å²) in [4.78, 5) is 13.3. The minimum Gasteiger partial charge on any atom is -0.380 e. The van der Waals surface area contributed by atoms with E-state index in [0.717, 1.165) is 12.2 Å². The summed E-state index contributed by atoms with van der Waals surface area (Å²) in [7, 11) is 1.58. The number of nitrogens with one attached hydrogen (secondary N) is 1. The number of nitrogens with two attached hydrogens (primary N) is 1. The Labute approximate surface area is 130 Å². The Hall–Kier alpha value is -0.750. The van der Waals surface area contributed by atoms with Gasteiger partial charge in [-0.3, -0.25) is 4.79 Å². The van der Waals surface area contributed by atoms with Crippen LogP contribution in [-0.2, 0) is 9.53 Å². The van der Waals surface area contributed by atoms with Gasteiger partial charge in [0.25, 0.3) is 0 Å². The summed E-state index contributed by atoms with van der Waals surface area (Å²) in [5.74, 6) is 1.04. The minimum absolute atomic E-state index is 0. The number of thioether (sulfide) groups is 1. The van der Waals surface area contributed by atoms with E-state index in [0.29, 0.717) is 13.0 Å². The molecule has 1 aliphatic heterocycles. The maximum atomic E-state index is 12.0. The average Bonchev–Trinajstić information content (AvgIpc) is 2.45. The van der Waals surface area contributed by atoms with Crippen LogP contribution in [0.5, 0.6) is 0 Å². The Kier molecular flexibility index (Phi) is 7.37. The number of hydrogen-bond acceptors (Lipinski definition) is 4. The molecule has 0 spiro atoms. The average molecular weight is 317 g/mol. The van der Waals surface area contributed by atoms with Crippen LogP contribution in [0.1, 0.15) is 24.4 Å². The van der Waals surface area contributed by atoms with Crippen LogP contribution in [-0.4, -0.2) is 31.4 Å². The van der Waals surface area contributed by atoms with Crippen molar-refractivity contribution in [1.82, 2.24) is 5.32 Å². The normalized spacial score (nSPS) is 18.6. The fourth-order valence-electron chi connectivity index (χ4n) is 2.21. The molecule has 0 bridgehead atoms. The molecule has 6 heteroatoms. The second kappa shape index (κ2) is 8.52. The number of methoxy groups -OCH3 is 1. The number of benzene rings is 1. The van der Waals surface area contributed by atoms with E-state index in [-0.39, 0.29) is 30.5 Å². The van der Waals surface area contributed by atoms with Gasteiger partial charge < -0.3 is 15.8 Å².